The van der Waals surface area contributed by atoms with E-state index in [1.807, 2.05) is 60.7 Å². The monoisotopic (exact) mass is 526 g/mol. The number of benzene rings is 6. The number of fused-ring (bicyclic) bond motifs is 4. The first kappa shape index (κ1) is 23.2. The Kier molecular flexibility index (Phi) is 5.38. The summed E-state index contributed by atoms with van der Waals surface area (Å²) in [6.07, 6.45) is 1.48. The molecule has 0 aliphatic heterocycles. The Labute approximate surface area is 235 Å². The van der Waals surface area contributed by atoms with Gasteiger partial charge in [-0.1, -0.05) is 109 Å². The highest BCUT2D eigenvalue weighted by Gasteiger charge is 2.19. The molecule has 0 aliphatic carbocycles. The zero-order valence-corrected chi connectivity index (χ0v) is 21.9. The smallest absolute Gasteiger partial charge is 0.182 e. The molecule has 41 heavy (non-hydrogen) atoms. The number of aromatic nitrogens is 4. The van der Waals surface area contributed by atoms with Crippen molar-refractivity contribution in [2.45, 2.75) is 0 Å². The van der Waals surface area contributed by atoms with E-state index in [2.05, 4.69) is 71.7 Å². The van der Waals surface area contributed by atoms with Gasteiger partial charge in [-0.2, -0.15) is 0 Å². The first-order valence-corrected chi connectivity index (χ1v) is 13.5. The van der Waals surface area contributed by atoms with Crippen molar-refractivity contribution in [1.29, 1.82) is 0 Å². The van der Waals surface area contributed by atoms with Crippen LogP contribution in [0.3, 0.4) is 0 Å². The summed E-state index contributed by atoms with van der Waals surface area (Å²) in [5, 5.41) is 4.78. The van der Waals surface area contributed by atoms with E-state index in [-0.39, 0.29) is 0 Å². The van der Waals surface area contributed by atoms with Gasteiger partial charge in [-0.15, -0.1) is 0 Å². The van der Waals surface area contributed by atoms with Crippen LogP contribution in [0.1, 0.15) is 0 Å². The van der Waals surface area contributed by atoms with Gasteiger partial charge in [0.1, 0.15) is 5.52 Å². The van der Waals surface area contributed by atoms with Crippen LogP contribution in [-0.2, 0) is 0 Å². The van der Waals surface area contributed by atoms with Gasteiger partial charge in [0.05, 0.1) is 0 Å². The summed E-state index contributed by atoms with van der Waals surface area (Å²) in [5.41, 5.74) is 6.14. The summed E-state index contributed by atoms with van der Waals surface area (Å²) in [6, 6.07) is 43.4. The van der Waals surface area contributed by atoms with Crippen molar-refractivity contribution in [3.63, 3.8) is 0 Å². The maximum atomic E-state index is 5.89. The number of hydrogen-bond acceptors (Lipinski definition) is 5. The molecule has 5 heteroatoms. The van der Waals surface area contributed by atoms with Crippen LogP contribution in [0.5, 0.6) is 0 Å². The molecule has 8 aromatic rings. The second-order valence-corrected chi connectivity index (χ2v) is 9.95. The van der Waals surface area contributed by atoms with Crippen LogP contribution < -0.4 is 0 Å². The lowest BCUT2D eigenvalue weighted by Crippen LogP contribution is -2.00. The van der Waals surface area contributed by atoms with Gasteiger partial charge in [0.15, 0.2) is 29.4 Å². The van der Waals surface area contributed by atoms with Crippen LogP contribution in [-0.4, -0.2) is 19.9 Å². The maximum Gasteiger partial charge on any atom is 0.182 e. The molecule has 2 heterocycles. The fourth-order valence-electron chi connectivity index (χ4n) is 5.51. The minimum absolute atomic E-state index is 0.545. The highest BCUT2D eigenvalue weighted by atomic mass is 16.3. The van der Waals surface area contributed by atoms with E-state index in [9.17, 15) is 0 Å². The average molecular weight is 527 g/mol. The zero-order chi connectivity index (χ0) is 27.2. The molecule has 0 unspecified atom stereocenters. The molecule has 0 saturated heterocycles. The summed E-state index contributed by atoms with van der Waals surface area (Å²) in [5.74, 6) is 1.75. The van der Waals surface area contributed by atoms with Gasteiger partial charge in [-0.05, 0) is 50.9 Å². The van der Waals surface area contributed by atoms with Gasteiger partial charge < -0.3 is 4.42 Å². The summed E-state index contributed by atoms with van der Waals surface area (Å²) in [6.45, 7) is 0. The molecule has 5 nitrogen and oxygen atoms in total. The molecule has 192 valence electrons. The van der Waals surface area contributed by atoms with Gasteiger partial charge in [0.2, 0.25) is 0 Å². The minimum Gasteiger partial charge on any atom is -0.443 e. The predicted octanol–water partition coefficient (Wildman–Crippen LogP) is 8.99. The first-order valence-electron chi connectivity index (χ1n) is 13.5. The van der Waals surface area contributed by atoms with Crippen LogP contribution in [0.4, 0.5) is 0 Å². The molecule has 0 amide bonds. The standard InChI is InChI=1S/C36H22N4O/c1-3-11-23(12-4-1)34-38-35(24-13-5-2-6-14-24)40-36(39-34)31-20-26(21-32-33(31)37-22-41-32)30-19-25-15-7-8-16-27(25)28-17-9-10-18-29(28)30/h1-22H. The molecule has 0 atom stereocenters. The largest absolute Gasteiger partial charge is 0.443 e. The highest BCUT2D eigenvalue weighted by Crippen LogP contribution is 2.39. The predicted molar refractivity (Wildman–Crippen MR) is 164 cm³/mol. The molecule has 0 spiro atoms. The fraction of sp³-hybridized carbons (Fsp3) is 0. The van der Waals surface area contributed by atoms with Gasteiger partial charge in [-0.3, -0.25) is 0 Å². The molecule has 0 bridgehead atoms. The van der Waals surface area contributed by atoms with Crippen LogP contribution in [0, 0.1) is 0 Å². The van der Waals surface area contributed by atoms with Crippen molar-refractivity contribution >= 4 is 32.6 Å². The van der Waals surface area contributed by atoms with Gasteiger partial charge in [0.25, 0.3) is 0 Å². The highest BCUT2D eigenvalue weighted by molar-refractivity contribution is 6.14. The zero-order valence-electron chi connectivity index (χ0n) is 21.9. The molecule has 0 saturated carbocycles. The number of hydrogen-bond donors (Lipinski definition) is 0. The summed E-state index contributed by atoms with van der Waals surface area (Å²) < 4.78 is 5.89. The average Bonchev–Trinajstić information content (AvgIpc) is 3.53. The van der Waals surface area contributed by atoms with Gasteiger partial charge in [-0.25, -0.2) is 19.9 Å². The summed E-state index contributed by atoms with van der Waals surface area (Å²) in [7, 11) is 0. The van der Waals surface area contributed by atoms with Crippen molar-refractivity contribution in [2.24, 2.45) is 0 Å². The van der Waals surface area contributed by atoms with E-state index in [4.69, 9.17) is 19.4 Å². The lowest BCUT2D eigenvalue weighted by Gasteiger charge is -2.13. The summed E-state index contributed by atoms with van der Waals surface area (Å²) >= 11 is 0. The molecular weight excluding hydrogens is 504 g/mol. The van der Waals surface area contributed by atoms with Gasteiger partial charge >= 0.3 is 0 Å². The van der Waals surface area contributed by atoms with Crippen molar-refractivity contribution in [2.75, 3.05) is 0 Å². The first-order chi connectivity index (χ1) is 20.3. The van der Waals surface area contributed by atoms with Crippen LogP contribution in [0.2, 0.25) is 0 Å². The molecule has 0 fully saturated rings. The lowest BCUT2D eigenvalue weighted by atomic mass is 9.92. The van der Waals surface area contributed by atoms with Crippen molar-refractivity contribution < 1.29 is 4.42 Å². The van der Waals surface area contributed by atoms with Crippen molar-refractivity contribution in [3.05, 3.63) is 134 Å². The minimum atomic E-state index is 0.545. The van der Waals surface area contributed by atoms with E-state index < -0.39 is 0 Å². The number of rotatable bonds is 4. The number of oxazole rings is 1. The second kappa shape index (κ2) is 9.50. The van der Waals surface area contributed by atoms with Gasteiger partial charge in [0, 0.05) is 16.7 Å². The van der Waals surface area contributed by atoms with E-state index >= 15 is 0 Å². The molecular formula is C36H22N4O. The van der Waals surface area contributed by atoms with Crippen LogP contribution >= 0.6 is 0 Å². The Morgan fingerprint density at radius 3 is 1.73 bits per heavy atom. The van der Waals surface area contributed by atoms with E-state index in [1.165, 1.54) is 27.9 Å². The van der Waals surface area contributed by atoms with Crippen molar-refractivity contribution in [1.82, 2.24) is 19.9 Å². The molecule has 0 radical (unpaired) electrons. The third-order valence-corrected chi connectivity index (χ3v) is 7.46. The number of nitrogens with zero attached hydrogens (tertiary/aromatic N) is 4. The summed E-state index contributed by atoms with van der Waals surface area (Å²) in [4.78, 5) is 19.4. The molecule has 8 rings (SSSR count). The Bertz CT molecular complexity index is 2150. The Balaban J connectivity index is 1.41. The van der Waals surface area contributed by atoms with E-state index in [0.29, 0.717) is 28.6 Å². The Hall–Kier alpha value is -5.68. The molecule has 6 aromatic carbocycles. The fourth-order valence-corrected chi connectivity index (χ4v) is 5.51. The topological polar surface area (TPSA) is 64.7 Å². The SMILES string of the molecule is c1ccc(-c2nc(-c3ccccc3)nc(-c3cc(-c4cc5ccccc5c5ccccc45)cc4ocnc34)n2)cc1. The third-order valence-electron chi connectivity index (χ3n) is 7.46. The normalized spacial score (nSPS) is 11.4. The Morgan fingerprint density at radius 1 is 0.439 bits per heavy atom. The van der Waals surface area contributed by atoms with Crippen LogP contribution in [0.15, 0.2) is 138 Å². The Morgan fingerprint density at radius 2 is 1.02 bits per heavy atom. The molecule has 2 aromatic heterocycles. The van der Waals surface area contributed by atoms with Crippen LogP contribution in [0.25, 0.3) is 77.9 Å². The molecule has 0 N–H and O–H groups in total. The third kappa shape index (κ3) is 4.03. The lowest BCUT2D eigenvalue weighted by molar-refractivity contribution is 0.602. The second-order valence-electron chi connectivity index (χ2n) is 9.95. The maximum absolute atomic E-state index is 5.89. The quantitative estimate of drug-likeness (QED) is 0.214. The van der Waals surface area contributed by atoms with E-state index in [0.717, 1.165) is 27.8 Å². The van der Waals surface area contributed by atoms with Crippen molar-refractivity contribution in [3.8, 4) is 45.3 Å². The van der Waals surface area contributed by atoms with E-state index in [1.54, 1.807) is 0 Å². The molecule has 0 aliphatic rings.